The van der Waals surface area contributed by atoms with Gasteiger partial charge in [-0.3, -0.25) is 9.58 Å². The maximum Gasteiger partial charge on any atom is 0.322 e. The monoisotopic (exact) mass is 337 g/mol. The van der Waals surface area contributed by atoms with Gasteiger partial charge in [0.2, 0.25) is 0 Å². The summed E-state index contributed by atoms with van der Waals surface area (Å²) in [7, 11) is 1.86. The highest BCUT2D eigenvalue weighted by molar-refractivity contribution is 5.89. The molecule has 2 saturated heterocycles. The first-order valence-electron chi connectivity index (χ1n) is 8.59. The van der Waals surface area contributed by atoms with Crippen molar-refractivity contribution < 1.29 is 14.3 Å². The van der Waals surface area contributed by atoms with E-state index in [0.29, 0.717) is 19.7 Å². The minimum Gasteiger partial charge on any atom is -0.379 e. The molecule has 0 unspecified atom stereocenters. The van der Waals surface area contributed by atoms with Gasteiger partial charge in [-0.2, -0.15) is 5.10 Å². The number of carbonyl (C=O) groups excluding carboxylic acids is 1. The van der Waals surface area contributed by atoms with Crippen LogP contribution in [0.25, 0.3) is 0 Å². The molecule has 8 heteroatoms. The Bertz CT molecular complexity index is 556. The number of aryl methyl sites for hydroxylation is 1. The van der Waals surface area contributed by atoms with Crippen molar-refractivity contribution in [3.05, 3.63) is 11.9 Å². The summed E-state index contributed by atoms with van der Waals surface area (Å²) >= 11 is 0. The van der Waals surface area contributed by atoms with Gasteiger partial charge in [0.15, 0.2) is 0 Å². The van der Waals surface area contributed by atoms with E-state index in [4.69, 9.17) is 9.47 Å². The highest BCUT2D eigenvalue weighted by Crippen LogP contribution is 2.15. The van der Waals surface area contributed by atoms with Gasteiger partial charge in [0.1, 0.15) is 0 Å². The van der Waals surface area contributed by atoms with Crippen LogP contribution in [-0.2, 0) is 16.5 Å². The number of carbonyl (C=O) groups is 1. The van der Waals surface area contributed by atoms with Crippen LogP contribution in [0.1, 0.15) is 12.1 Å². The summed E-state index contributed by atoms with van der Waals surface area (Å²) in [4.78, 5) is 16.8. The molecule has 0 aromatic carbocycles. The van der Waals surface area contributed by atoms with Crippen molar-refractivity contribution >= 4 is 11.7 Å². The molecule has 1 atom stereocenters. The molecule has 1 aromatic rings. The molecule has 1 N–H and O–H groups in total. The van der Waals surface area contributed by atoms with Crippen LogP contribution in [0.15, 0.2) is 6.20 Å². The molecular formula is C16H27N5O3. The lowest BCUT2D eigenvalue weighted by atomic mass is 10.2. The van der Waals surface area contributed by atoms with E-state index in [2.05, 4.69) is 15.3 Å². The number of rotatable bonds is 3. The van der Waals surface area contributed by atoms with Crippen LogP contribution in [0.3, 0.4) is 0 Å². The second-order valence-electron chi connectivity index (χ2n) is 6.40. The number of nitrogens with one attached hydrogen (secondary N) is 1. The molecule has 3 rings (SSSR count). The number of anilines is 1. The quantitative estimate of drug-likeness (QED) is 0.878. The van der Waals surface area contributed by atoms with Gasteiger partial charge in [-0.15, -0.1) is 0 Å². The SMILES string of the molecule is Cc1c(NC(=O)N2CCCO[C@@H](CN3CCOCC3)C2)cnn1C. The third-order valence-electron chi connectivity index (χ3n) is 4.68. The molecule has 2 fully saturated rings. The van der Waals surface area contributed by atoms with Crippen molar-refractivity contribution in [3.63, 3.8) is 0 Å². The van der Waals surface area contributed by atoms with Crippen LogP contribution in [0.4, 0.5) is 10.5 Å². The maximum absolute atomic E-state index is 12.6. The van der Waals surface area contributed by atoms with Gasteiger partial charge in [-0.25, -0.2) is 4.79 Å². The minimum absolute atomic E-state index is 0.0475. The molecule has 8 nitrogen and oxygen atoms in total. The Morgan fingerprint density at radius 1 is 1.33 bits per heavy atom. The Morgan fingerprint density at radius 3 is 2.83 bits per heavy atom. The van der Waals surface area contributed by atoms with Gasteiger partial charge in [-0.1, -0.05) is 0 Å². The molecule has 0 spiro atoms. The number of aromatic nitrogens is 2. The van der Waals surface area contributed by atoms with Crippen molar-refractivity contribution in [2.24, 2.45) is 7.05 Å². The fraction of sp³-hybridized carbons (Fsp3) is 0.750. The molecule has 3 heterocycles. The van der Waals surface area contributed by atoms with E-state index in [1.807, 2.05) is 18.9 Å². The van der Waals surface area contributed by atoms with Crippen LogP contribution in [-0.4, -0.2) is 84.3 Å². The Morgan fingerprint density at radius 2 is 2.12 bits per heavy atom. The lowest BCUT2D eigenvalue weighted by Crippen LogP contribution is -2.46. The maximum atomic E-state index is 12.6. The normalized spacial score (nSPS) is 23.1. The number of hydrogen-bond donors (Lipinski definition) is 1. The Hall–Kier alpha value is -1.64. The first-order valence-corrected chi connectivity index (χ1v) is 8.59. The predicted octanol–water partition coefficient (Wildman–Crippen LogP) is 0.684. The molecular weight excluding hydrogens is 310 g/mol. The fourth-order valence-corrected chi connectivity index (χ4v) is 3.08. The summed E-state index contributed by atoms with van der Waals surface area (Å²) in [5.41, 5.74) is 1.71. The lowest BCUT2D eigenvalue weighted by Gasteiger charge is -2.31. The third-order valence-corrected chi connectivity index (χ3v) is 4.68. The van der Waals surface area contributed by atoms with Crippen LogP contribution in [0, 0.1) is 6.92 Å². The van der Waals surface area contributed by atoms with Crippen molar-refractivity contribution in [2.45, 2.75) is 19.4 Å². The molecule has 2 aliphatic rings. The molecule has 2 aliphatic heterocycles. The van der Waals surface area contributed by atoms with Gasteiger partial charge >= 0.3 is 6.03 Å². The average molecular weight is 337 g/mol. The summed E-state index contributed by atoms with van der Waals surface area (Å²) in [6, 6.07) is -0.0800. The predicted molar refractivity (Wildman–Crippen MR) is 90.2 cm³/mol. The Kier molecular flexibility index (Phi) is 5.70. The van der Waals surface area contributed by atoms with Gasteiger partial charge < -0.3 is 19.7 Å². The van der Waals surface area contributed by atoms with Crippen LogP contribution < -0.4 is 5.32 Å². The molecule has 1 aromatic heterocycles. The zero-order chi connectivity index (χ0) is 16.9. The Labute approximate surface area is 142 Å². The number of hydrogen-bond acceptors (Lipinski definition) is 5. The minimum atomic E-state index is -0.0800. The van der Waals surface area contributed by atoms with E-state index < -0.39 is 0 Å². The lowest BCUT2D eigenvalue weighted by molar-refractivity contribution is -0.00983. The number of ether oxygens (including phenoxy) is 2. The number of morpholine rings is 1. The van der Waals surface area contributed by atoms with Crippen molar-refractivity contribution in [1.82, 2.24) is 19.6 Å². The van der Waals surface area contributed by atoms with E-state index in [1.54, 1.807) is 10.9 Å². The summed E-state index contributed by atoms with van der Waals surface area (Å²) in [6.07, 6.45) is 2.59. The van der Waals surface area contributed by atoms with Gasteiger partial charge in [0.25, 0.3) is 0 Å². The standard InChI is InChI=1S/C16H27N5O3/c1-13-15(10-17-19(13)2)18-16(22)21-4-3-7-24-14(12-21)11-20-5-8-23-9-6-20/h10,14H,3-9,11-12H2,1-2H3,(H,18,22)/t14-/m0/s1. The molecule has 134 valence electrons. The van der Waals surface area contributed by atoms with E-state index >= 15 is 0 Å². The molecule has 24 heavy (non-hydrogen) atoms. The van der Waals surface area contributed by atoms with Crippen LogP contribution in [0.2, 0.25) is 0 Å². The van der Waals surface area contributed by atoms with E-state index in [9.17, 15) is 4.79 Å². The number of nitrogens with zero attached hydrogens (tertiary/aromatic N) is 4. The van der Waals surface area contributed by atoms with Gasteiger partial charge in [0, 0.05) is 46.4 Å². The first-order chi connectivity index (χ1) is 11.6. The van der Waals surface area contributed by atoms with E-state index in [-0.39, 0.29) is 12.1 Å². The second kappa shape index (κ2) is 7.96. The topological polar surface area (TPSA) is 71.9 Å². The average Bonchev–Trinajstić information content (AvgIpc) is 2.79. The van der Waals surface area contributed by atoms with Crippen molar-refractivity contribution in [1.29, 1.82) is 0 Å². The third kappa shape index (κ3) is 4.25. The Balaban J connectivity index is 1.57. The van der Waals surface area contributed by atoms with Gasteiger partial charge in [0.05, 0.1) is 36.9 Å². The second-order valence-corrected chi connectivity index (χ2v) is 6.40. The first kappa shape index (κ1) is 17.2. The summed E-state index contributed by atoms with van der Waals surface area (Å²) in [5, 5.41) is 7.13. The van der Waals surface area contributed by atoms with Gasteiger partial charge in [-0.05, 0) is 13.3 Å². The molecule has 0 bridgehead atoms. The van der Waals surface area contributed by atoms with Crippen molar-refractivity contribution in [2.75, 3.05) is 57.9 Å². The highest BCUT2D eigenvalue weighted by atomic mass is 16.5. The van der Waals surface area contributed by atoms with E-state index in [0.717, 1.165) is 50.7 Å². The van der Waals surface area contributed by atoms with Crippen molar-refractivity contribution in [3.8, 4) is 0 Å². The molecule has 0 aliphatic carbocycles. The zero-order valence-corrected chi connectivity index (χ0v) is 14.5. The molecule has 2 amide bonds. The number of urea groups is 1. The molecule has 0 radical (unpaired) electrons. The zero-order valence-electron chi connectivity index (χ0n) is 14.5. The summed E-state index contributed by atoms with van der Waals surface area (Å²) in [6.45, 7) is 8.22. The molecule has 0 saturated carbocycles. The van der Waals surface area contributed by atoms with Crippen LogP contribution >= 0.6 is 0 Å². The summed E-state index contributed by atoms with van der Waals surface area (Å²) < 4.78 is 13.1. The fourth-order valence-electron chi connectivity index (χ4n) is 3.08. The summed E-state index contributed by atoms with van der Waals surface area (Å²) in [5.74, 6) is 0. The highest BCUT2D eigenvalue weighted by Gasteiger charge is 2.25. The number of amides is 2. The largest absolute Gasteiger partial charge is 0.379 e. The van der Waals surface area contributed by atoms with Crippen LogP contribution in [0.5, 0.6) is 0 Å². The smallest absolute Gasteiger partial charge is 0.322 e. The van der Waals surface area contributed by atoms with E-state index in [1.165, 1.54) is 0 Å².